The molecule has 0 bridgehead atoms. The summed E-state index contributed by atoms with van der Waals surface area (Å²) in [6, 6.07) is 15.3. The van der Waals surface area contributed by atoms with E-state index in [2.05, 4.69) is 0 Å². The molecule has 3 rings (SSSR count). The highest BCUT2D eigenvalue weighted by atomic mass is 16.1. The molecule has 0 amide bonds. The molecular weight excluding hydrogens is 286 g/mol. The fourth-order valence-electron chi connectivity index (χ4n) is 2.85. The van der Waals surface area contributed by atoms with Crippen LogP contribution < -0.4 is 5.56 Å². The Morgan fingerprint density at radius 3 is 2.22 bits per heavy atom. The quantitative estimate of drug-likeness (QED) is 0.675. The number of carbonyl (C=O) groups is 1. The minimum Gasteiger partial charge on any atom is -0.315 e. The standard InChI is InChI=1S/C20H19NO2/c1-3-19(22)15-11-9-14(10-12-15)18-13-21(4-2)20(23)17-8-6-5-7-16(17)18/h5-13H,3-4H2,1-2H3. The van der Waals surface area contributed by atoms with Crippen LogP contribution in [0.15, 0.2) is 59.5 Å². The smallest absolute Gasteiger partial charge is 0.258 e. The summed E-state index contributed by atoms with van der Waals surface area (Å²) in [5.41, 5.74) is 2.78. The third-order valence-corrected chi connectivity index (χ3v) is 4.17. The molecule has 3 heteroatoms. The number of pyridine rings is 1. The van der Waals surface area contributed by atoms with Crippen LogP contribution in [0.3, 0.4) is 0 Å². The number of benzene rings is 2. The van der Waals surface area contributed by atoms with Crippen LogP contribution in [0.2, 0.25) is 0 Å². The van der Waals surface area contributed by atoms with Crippen LogP contribution in [0.1, 0.15) is 30.6 Å². The molecule has 0 N–H and O–H groups in total. The van der Waals surface area contributed by atoms with Crippen LogP contribution in [0.4, 0.5) is 0 Å². The molecule has 0 spiro atoms. The van der Waals surface area contributed by atoms with Crippen molar-refractivity contribution in [1.82, 2.24) is 4.57 Å². The van der Waals surface area contributed by atoms with E-state index in [0.717, 1.165) is 27.5 Å². The van der Waals surface area contributed by atoms with Crippen LogP contribution in [0.25, 0.3) is 21.9 Å². The van der Waals surface area contributed by atoms with Gasteiger partial charge in [0, 0.05) is 35.7 Å². The van der Waals surface area contributed by atoms with E-state index in [9.17, 15) is 9.59 Å². The van der Waals surface area contributed by atoms with E-state index in [-0.39, 0.29) is 11.3 Å². The first-order chi connectivity index (χ1) is 11.2. The number of hydrogen-bond acceptors (Lipinski definition) is 2. The van der Waals surface area contributed by atoms with Crippen LogP contribution >= 0.6 is 0 Å². The van der Waals surface area contributed by atoms with Gasteiger partial charge in [-0.1, -0.05) is 49.4 Å². The van der Waals surface area contributed by atoms with Gasteiger partial charge < -0.3 is 4.57 Å². The first-order valence-corrected chi connectivity index (χ1v) is 7.91. The van der Waals surface area contributed by atoms with E-state index in [1.165, 1.54) is 0 Å². The Bertz CT molecular complexity index is 921. The zero-order valence-corrected chi connectivity index (χ0v) is 13.4. The second-order valence-electron chi connectivity index (χ2n) is 5.53. The van der Waals surface area contributed by atoms with Crippen molar-refractivity contribution in [3.63, 3.8) is 0 Å². The lowest BCUT2D eigenvalue weighted by molar-refractivity contribution is 0.0988. The Morgan fingerprint density at radius 2 is 1.61 bits per heavy atom. The lowest BCUT2D eigenvalue weighted by Crippen LogP contribution is -2.19. The Labute approximate surface area is 135 Å². The van der Waals surface area contributed by atoms with Crippen molar-refractivity contribution in [2.24, 2.45) is 0 Å². The van der Waals surface area contributed by atoms with Gasteiger partial charge in [0.1, 0.15) is 0 Å². The molecule has 116 valence electrons. The second-order valence-corrected chi connectivity index (χ2v) is 5.53. The maximum atomic E-state index is 12.4. The lowest BCUT2D eigenvalue weighted by Gasteiger charge is -2.11. The van der Waals surface area contributed by atoms with Crippen molar-refractivity contribution in [3.8, 4) is 11.1 Å². The van der Waals surface area contributed by atoms with Gasteiger partial charge in [-0.15, -0.1) is 0 Å². The molecule has 23 heavy (non-hydrogen) atoms. The number of hydrogen-bond donors (Lipinski definition) is 0. The molecule has 0 fully saturated rings. The molecule has 0 aliphatic rings. The summed E-state index contributed by atoms with van der Waals surface area (Å²) >= 11 is 0. The fraction of sp³-hybridized carbons (Fsp3) is 0.200. The van der Waals surface area contributed by atoms with Crippen molar-refractivity contribution >= 4 is 16.6 Å². The van der Waals surface area contributed by atoms with Crippen LogP contribution in [0.5, 0.6) is 0 Å². The monoisotopic (exact) mass is 305 g/mol. The number of rotatable bonds is 4. The number of nitrogens with zero attached hydrogens (tertiary/aromatic N) is 1. The van der Waals surface area contributed by atoms with Gasteiger partial charge in [-0.05, 0) is 23.9 Å². The second kappa shape index (κ2) is 6.21. The molecule has 3 nitrogen and oxygen atoms in total. The van der Waals surface area contributed by atoms with E-state index in [1.807, 2.05) is 68.6 Å². The van der Waals surface area contributed by atoms with Crippen molar-refractivity contribution in [1.29, 1.82) is 0 Å². The molecular formula is C20H19NO2. The summed E-state index contributed by atoms with van der Waals surface area (Å²) in [5, 5.41) is 1.66. The Kier molecular flexibility index (Phi) is 4.11. The third kappa shape index (κ3) is 2.70. The molecule has 0 atom stereocenters. The van der Waals surface area contributed by atoms with Crippen molar-refractivity contribution < 1.29 is 4.79 Å². The molecule has 0 radical (unpaired) electrons. The molecule has 0 saturated carbocycles. The molecule has 0 saturated heterocycles. The summed E-state index contributed by atoms with van der Waals surface area (Å²) in [6.07, 6.45) is 2.41. The average molecular weight is 305 g/mol. The maximum Gasteiger partial charge on any atom is 0.258 e. The highest BCUT2D eigenvalue weighted by Gasteiger charge is 2.10. The SMILES string of the molecule is CCC(=O)c1ccc(-c2cn(CC)c(=O)c3ccccc23)cc1. The number of fused-ring (bicyclic) bond motifs is 1. The Morgan fingerprint density at radius 1 is 0.957 bits per heavy atom. The van der Waals surface area contributed by atoms with E-state index in [0.29, 0.717) is 13.0 Å². The number of aromatic nitrogens is 1. The normalized spacial score (nSPS) is 10.9. The van der Waals surface area contributed by atoms with Gasteiger partial charge in [-0.3, -0.25) is 9.59 Å². The molecule has 1 heterocycles. The predicted octanol–water partition coefficient (Wildman–Crippen LogP) is 4.28. The molecule has 0 unspecified atom stereocenters. The maximum absolute atomic E-state index is 12.4. The predicted molar refractivity (Wildman–Crippen MR) is 93.9 cm³/mol. The van der Waals surface area contributed by atoms with Gasteiger partial charge in [0.2, 0.25) is 0 Å². The highest BCUT2D eigenvalue weighted by Crippen LogP contribution is 2.27. The number of Topliss-reactive ketones (excluding diaryl/α,β-unsaturated/α-hetero) is 1. The first-order valence-electron chi connectivity index (χ1n) is 7.91. The van der Waals surface area contributed by atoms with Crippen molar-refractivity contribution in [2.45, 2.75) is 26.8 Å². The van der Waals surface area contributed by atoms with Gasteiger partial charge in [0.05, 0.1) is 0 Å². The zero-order valence-electron chi connectivity index (χ0n) is 13.4. The van der Waals surface area contributed by atoms with Crippen molar-refractivity contribution in [3.05, 3.63) is 70.6 Å². The summed E-state index contributed by atoms with van der Waals surface area (Å²) in [6.45, 7) is 4.45. The van der Waals surface area contributed by atoms with Crippen LogP contribution in [-0.4, -0.2) is 10.4 Å². The van der Waals surface area contributed by atoms with Gasteiger partial charge in [0.25, 0.3) is 5.56 Å². The van der Waals surface area contributed by atoms with Gasteiger partial charge in [-0.2, -0.15) is 0 Å². The molecule has 3 aromatic rings. The van der Waals surface area contributed by atoms with E-state index < -0.39 is 0 Å². The zero-order chi connectivity index (χ0) is 16.4. The van der Waals surface area contributed by atoms with Gasteiger partial charge >= 0.3 is 0 Å². The van der Waals surface area contributed by atoms with Crippen LogP contribution in [-0.2, 0) is 6.54 Å². The average Bonchev–Trinajstić information content (AvgIpc) is 2.62. The van der Waals surface area contributed by atoms with E-state index >= 15 is 0 Å². The lowest BCUT2D eigenvalue weighted by atomic mass is 9.98. The minimum atomic E-state index is 0.0321. The number of carbonyl (C=O) groups excluding carboxylic acids is 1. The highest BCUT2D eigenvalue weighted by molar-refractivity contribution is 5.98. The van der Waals surface area contributed by atoms with Gasteiger partial charge in [-0.25, -0.2) is 0 Å². The summed E-state index contributed by atoms with van der Waals surface area (Å²) in [4.78, 5) is 24.2. The number of ketones is 1. The number of aryl methyl sites for hydroxylation is 1. The Hall–Kier alpha value is -2.68. The van der Waals surface area contributed by atoms with E-state index in [4.69, 9.17) is 0 Å². The third-order valence-electron chi connectivity index (χ3n) is 4.17. The summed E-state index contributed by atoms with van der Waals surface area (Å²) in [7, 11) is 0. The summed E-state index contributed by atoms with van der Waals surface area (Å²) in [5.74, 6) is 0.139. The molecule has 2 aromatic carbocycles. The van der Waals surface area contributed by atoms with E-state index in [1.54, 1.807) is 4.57 Å². The molecule has 0 aliphatic carbocycles. The van der Waals surface area contributed by atoms with Crippen molar-refractivity contribution in [2.75, 3.05) is 0 Å². The largest absolute Gasteiger partial charge is 0.315 e. The topological polar surface area (TPSA) is 39.1 Å². The van der Waals surface area contributed by atoms with Crippen LogP contribution in [0, 0.1) is 0 Å². The molecule has 0 aliphatic heterocycles. The van der Waals surface area contributed by atoms with Gasteiger partial charge in [0.15, 0.2) is 5.78 Å². The fourth-order valence-corrected chi connectivity index (χ4v) is 2.85. The Balaban J connectivity index is 2.21. The summed E-state index contributed by atoms with van der Waals surface area (Å²) < 4.78 is 1.72. The first kappa shape index (κ1) is 15.2. The minimum absolute atomic E-state index is 0.0321. The molecule has 1 aromatic heterocycles.